The third kappa shape index (κ3) is 4.41. The number of halogens is 3. The fourth-order valence-corrected chi connectivity index (χ4v) is 5.81. The Morgan fingerprint density at radius 3 is 2.60 bits per heavy atom. The summed E-state index contributed by atoms with van der Waals surface area (Å²) in [6.45, 7) is 2.57. The number of piperidine rings is 1. The number of aryl methyl sites for hydroxylation is 1. The molecule has 40 heavy (non-hydrogen) atoms. The zero-order valence-corrected chi connectivity index (χ0v) is 21.9. The molecule has 1 fully saturated rings. The first-order valence-electron chi connectivity index (χ1n) is 12.9. The lowest BCUT2D eigenvalue weighted by Gasteiger charge is -2.42. The van der Waals surface area contributed by atoms with E-state index in [0.717, 1.165) is 27.8 Å². The predicted molar refractivity (Wildman–Crippen MR) is 147 cm³/mol. The van der Waals surface area contributed by atoms with Crippen molar-refractivity contribution < 1.29 is 22.7 Å². The average Bonchev–Trinajstić information content (AvgIpc) is 3.38. The molecule has 2 atom stereocenters. The molecule has 6 rings (SSSR count). The van der Waals surface area contributed by atoms with Gasteiger partial charge < -0.3 is 25.3 Å². The molecule has 8 nitrogen and oxygen atoms in total. The highest BCUT2D eigenvalue weighted by atomic mass is 19.4. The van der Waals surface area contributed by atoms with Gasteiger partial charge in [0.1, 0.15) is 17.1 Å². The Labute approximate surface area is 228 Å². The number of para-hydroxylation sites is 2. The maximum atomic E-state index is 13.2. The van der Waals surface area contributed by atoms with Gasteiger partial charge in [0.25, 0.3) is 5.91 Å². The summed E-state index contributed by atoms with van der Waals surface area (Å²) in [5.41, 5.74) is 9.88. The Kier molecular flexibility index (Phi) is 5.97. The maximum Gasteiger partial charge on any atom is 0.573 e. The zero-order valence-electron chi connectivity index (χ0n) is 21.9. The second-order valence-electron chi connectivity index (χ2n) is 10.2. The van der Waals surface area contributed by atoms with E-state index in [1.54, 1.807) is 6.07 Å². The van der Waals surface area contributed by atoms with Crippen LogP contribution in [0.2, 0.25) is 0 Å². The van der Waals surface area contributed by atoms with Gasteiger partial charge in [0.2, 0.25) is 5.95 Å². The molecule has 0 saturated carbocycles. The summed E-state index contributed by atoms with van der Waals surface area (Å²) in [5.74, 6) is -0.185. The van der Waals surface area contributed by atoms with Crippen LogP contribution in [0.5, 0.6) is 5.75 Å². The van der Waals surface area contributed by atoms with E-state index in [0.29, 0.717) is 25.3 Å². The number of alkyl halides is 3. The van der Waals surface area contributed by atoms with Crippen molar-refractivity contribution in [3.8, 4) is 16.9 Å². The van der Waals surface area contributed by atoms with Crippen LogP contribution in [-0.2, 0) is 11.8 Å². The van der Waals surface area contributed by atoms with Crippen molar-refractivity contribution in [3.63, 3.8) is 0 Å². The van der Waals surface area contributed by atoms with Crippen molar-refractivity contribution in [2.24, 2.45) is 12.0 Å². The lowest BCUT2D eigenvalue weighted by molar-refractivity contribution is -0.274. The number of carbonyl (C=O) groups is 1. The number of amides is 1. The van der Waals surface area contributed by atoms with Crippen molar-refractivity contribution in [3.05, 3.63) is 72.3 Å². The third-order valence-electron chi connectivity index (χ3n) is 7.70. The fraction of sp³-hybridized carbons (Fsp3) is 0.276. The number of fused-ring (bicyclic) bond motifs is 1. The SMILES string of the molecule is C[C@H]1C[C@@]2(CCN1c1cccc(-c3cccc4nc(N)n(C)c34)c1)N=C(c1ccccc1OC(F)(F)F)NC2=O. The van der Waals surface area contributed by atoms with E-state index >= 15 is 0 Å². The van der Waals surface area contributed by atoms with Crippen LogP contribution in [0.3, 0.4) is 0 Å². The molecule has 1 spiro atoms. The van der Waals surface area contributed by atoms with Gasteiger partial charge in [0.05, 0.1) is 16.6 Å². The number of hydrogen-bond donors (Lipinski definition) is 2. The Morgan fingerprint density at radius 1 is 1.07 bits per heavy atom. The summed E-state index contributed by atoms with van der Waals surface area (Å²) in [6.07, 6.45) is -4.05. The predicted octanol–water partition coefficient (Wildman–Crippen LogP) is 5.03. The quantitative estimate of drug-likeness (QED) is 0.373. The number of hydrogen-bond acceptors (Lipinski definition) is 6. The summed E-state index contributed by atoms with van der Waals surface area (Å²) >= 11 is 0. The van der Waals surface area contributed by atoms with E-state index in [2.05, 4.69) is 31.0 Å². The number of benzene rings is 3. The van der Waals surface area contributed by atoms with Crippen molar-refractivity contribution in [1.29, 1.82) is 0 Å². The highest BCUT2D eigenvalue weighted by Crippen LogP contribution is 2.39. The molecule has 0 unspecified atom stereocenters. The largest absolute Gasteiger partial charge is 0.573 e. The molecule has 11 heteroatoms. The van der Waals surface area contributed by atoms with E-state index in [-0.39, 0.29) is 23.3 Å². The number of nitrogens with zero attached hydrogens (tertiary/aromatic N) is 4. The van der Waals surface area contributed by atoms with E-state index < -0.39 is 17.7 Å². The molecule has 3 heterocycles. The molecule has 1 aromatic heterocycles. The van der Waals surface area contributed by atoms with Gasteiger partial charge in [-0.2, -0.15) is 0 Å². The number of amidine groups is 1. The summed E-state index contributed by atoms with van der Waals surface area (Å²) in [4.78, 5) is 24.5. The van der Waals surface area contributed by atoms with Crippen molar-refractivity contribution in [2.75, 3.05) is 17.2 Å². The minimum Gasteiger partial charge on any atom is -0.405 e. The maximum absolute atomic E-state index is 13.2. The summed E-state index contributed by atoms with van der Waals surface area (Å²) < 4.78 is 44.9. The molecule has 0 radical (unpaired) electrons. The van der Waals surface area contributed by atoms with E-state index in [4.69, 9.17) is 5.73 Å². The average molecular weight is 549 g/mol. The number of nitrogen functional groups attached to an aromatic ring is 1. The molecule has 2 aliphatic heterocycles. The summed E-state index contributed by atoms with van der Waals surface area (Å²) in [6, 6.07) is 19.7. The first kappa shape index (κ1) is 25.7. The second-order valence-corrected chi connectivity index (χ2v) is 10.2. The number of aromatic nitrogens is 2. The second kappa shape index (κ2) is 9.29. The monoisotopic (exact) mass is 548 g/mol. The third-order valence-corrected chi connectivity index (χ3v) is 7.70. The Hall–Kier alpha value is -4.54. The first-order chi connectivity index (χ1) is 19.0. The smallest absolute Gasteiger partial charge is 0.405 e. The molecule has 206 valence electrons. The molecule has 2 aliphatic rings. The minimum atomic E-state index is -4.86. The van der Waals surface area contributed by atoms with Crippen LogP contribution in [0.1, 0.15) is 25.3 Å². The first-order valence-corrected chi connectivity index (χ1v) is 12.9. The van der Waals surface area contributed by atoms with E-state index in [9.17, 15) is 18.0 Å². The standard InChI is InChI=1S/C29H27F3N6O2/c1-17-16-28(26(39)35-25(36-28)21-9-3-4-12-23(21)40-29(30,31)32)13-14-38(17)19-8-5-7-18(15-19)20-10-6-11-22-24(20)37(2)27(33)34-22/h3-12,15,17H,13-14,16H2,1-2H3,(H2,33,34)(H,35,36,39)/t17-,28+/m0/s1. The normalized spacial score (nSPS) is 21.1. The van der Waals surface area contributed by atoms with Crippen LogP contribution in [0.4, 0.5) is 24.8 Å². The van der Waals surface area contributed by atoms with E-state index in [1.165, 1.54) is 18.2 Å². The number of aliphatic imine (C=N–C) groups is 1. The molecule has 1 amide bonds. The van der Waals surface area contributed by atoms with Gasteiger partial charge in [0.15, 0.2) is 0 Å². The van der Waals surface area contributed by atoms with Crippen LogP contribution in [-0.4, -0.2) is 45.8 Å². The molecule has 0 aliphatic carbocycles. The Morgan fingerprint density at radius 2 is 1.82 bits per heavy atom. The Bertz CT molecular complexity index is 1660. The van der Waals surface area contributed by atoms with Crippen LogP contribution >= 0.6 is 0 Å². The zero-order chi connectivity index (χ0) is 28.2. The summed E-state index contributed by atoms with van der Waals surface area (Å²) in [5, 5.41) is 2.71. The van der Waals surface area contributed by atoms with Gasteiger partial charge in [-0.05, 0) is 49.2 Å². The van der Waals surface area contributed by atoms with Crippen LogP contribution in [0.15, 0.2) is 71.7 Å². The number of carbonyl (C=O) groups excluding carboxylic acids is 1. The molecule has 4 aromatic rings. The van der Waals surface area contributed by atoms with Gasteiger partial charge in [-0.3, -0.25) is 9.79 Å². The lowest BCUT2D eigenvalue weighted by atomic mass is 9.83. The number of imidazole rings is 1. The minimum absolute atomic E-state index is 0.0670. The van der Waals surface area contributed by atoms with Gasteiger partial charge in [-0.1, -0.05) is 36.4 Å². The summed E-state index contributed by atoms with van der Waals surface area (Å²) in [7, 11) is 1.89. The van der Waals surface area contributed by atoms with Crippen molar-refractivity contribution in [2.45, 2.75) is 37.7 Å². The highest BCUT2D eigenvalue weighted by Gasteiger charge is 2.48. The molecule has 3 N–H and O–H groups in total. The van der Waals surface area contributed by atoms with Crippen LogP contribution in [0.25, 0.3) is 22.2 Å². The van der Waals surface area contributed by atoms with E-state index in [1.807, 2.05) is 54.9 Å². The number of ether oxygens (including phenoxy) is 1. The fourth-order valence-electron chi connectivity index (χ4n) is 5.81. The molecular formula is C29H27F3N6O2. The lowest BCUT2D eigenvalue weighted by Crippen LogP contribution is -2.53. The molecule has 1 saturated heterocycles. The van der Waals surface area contributed by atoms with Gasteiger partial charge in [-0.25, -0.2) is 4.98 Å². The molecular weight excluding hydrogens is 521 g/mol. The van der Waals surface area contributed by atoms with Crippen LogP contribution < -0.4 is 20.7 Å². The van der Waals surface area contributed by atoms with Gasteiger partial charge in [-0.15, -0.1) is 13.2 Å². The van der Waals surface area contributed by atoms with Gasteiger partial charge in [0, 0.05) is 37.3 Å². The number of rotatable bonds is 4. The van der Waals surface area contributed by atoms with Crippen molar-refractivity contribution >= 4 is 34.4 Å². The van der Waals surface area contributed by atoms with Gasteiger partial charge >= 0.3 is 6.36 Å². The topological polar surface area (TPSA) is 97.8 Å². The number of nitrogens with two attached hydrogens (primary N) is 1. The van der Waals surface area contributed by atoms with Crippen LogP contribution in [0, 0.1) is 0 Å². The highest BCUT2D eigenvalue weighted by molar-refractivity contribution is 6.16. The molecule has 3 aromatic carbocycles. The number of nitrogens with one attached hydrogen (secondary N) is 1. The molecule has 0 bridgehead atoms. The Balaban J connectivity index is 1.28. The van der Waals surface area contributed by atoms with Crippen molar-refractivity contribution in [1.82, 2.24) is 14.9 Å². The number of anilines is 2.